The van der Waals surface area contributed by atoms with E-state index < -0.39 is 11.4 Å². The Bertz CT molecular complexity index is 1230. The summed E-state index contributed by atoms with van der Waals surface area (Å²) in [7, 11) is 0. The third kappa shape index (κ3) is 3.63. The summed E-state index contributed by atoms with van der Waals surface area (Å²) in [5, 5.41) is 10.6. The van der Waals surface area contributed by atoms with Crippen molar-refractivity contribution < 1.29 is 9.90 Å². The normalized spacial score (nSPS) is 11.7. The van der Waals surface area contributed by atoms with E-state index in [9.17, 15) is 9.90 Å². The minimum Gasteiger partial charge on any atom is -0.481 e. The molecular formula is C27H28N2O2. The molecule has 2 heterocycles. The molecule has 0 aliphatic heterocycles. The van der Waals surface area contributed by atoms with Crippen molar-refractivity contribution >= 4 is 16.9 Å². The van der Waals surface area contributed by atoms with Gasteiger partial charge in [0, 0.05) is 22.8 Å². The zero-order valence-electron chi connectivity index (χ0n) is 18.5. The number of hydrogen-bond acceptors (Lipinski definition) is 2. The average Bonchev–Trinajstić information content (AvgIpc) is 3.21. The van der Waals surface area contributed by atoms with Gasteiger partial charge in [-0.15, -0.1) is 0 Å². The highest BCUT2D eigenvalue weighted by molar-refractivity contribution is 5.86. The Morgan fingerprint density at radius 3 is 2.23 bits per heavy atom. The van der Waals surface area contributed by atoms with Gasteiger partial charge in [-0.1, -0.05) is 44.2 Å². The second kappa shape index (κ2) is 8.03. The molecule has 4 nitrogen and oxygen atoms in total. The number of aliphatic carboxylic acids is 1. The second-order valence-corrected chi connectivity index (χ2v) is 8.45. The molecule has 31 heavy (non-hydrogen) atoms. The van der Waals surface area contributed by atoms with Crippen molar-refractivity contribution in [3.05, 3.63) is 83.7 Å². The van der Waals surface area contributed by atoms with Crippen LogP contribution in [0.2, 0.25) is 0 Å². The molecule has 0 unspecified atom stereocenters. The van der Waals surface area contributed by atoms with Crippen LogP contribution in [-0.4, -0.2) is 20.6 Å². The number of nitrogens with zero attached hydrogens (tertiary/aromatic N) is 2. The first kappa shape index (κ1) is 20.9. The molecule has 0 spiro atoms. The Kier molecular flexibility index (Phi) is 5.40. The minimum absolute atomic E-state index is 0.781. The standard InChI is InChI=1S/C27H28N2O2/c1-5-18-8-7-9-19(6-2)25(18)23-16-20-14-15-29(24(20)17-28-23)22-12-10-21(11-13-22)27(3,4)26(30)31/h7-17H,5-6H2,1-4H3,(H,30,31). The molecule has 0 radical (unpaired) electrons. The first-order chi connectivity index (χ1) is 14.9. The number of benzene rings is 2. The fourth-order valence-corrected chi connectivity index (χ4v) is 4.13. The van der Waals surface area contributed by atoms with E-state index in [4.69, 9.17) is 4.98 Å². The van der Waals surface area contributed by atoms with Gasteiger partial charge in [0.15, 0.2) is 0 Å². The van der Waals surface area contributed by atoms with Crippen LogP contribution in [0.15, 0.2) is 67.0 Å². The van der Waals surface area contributed by atoms with Gasteiger partial charge in [0.05, 0.1) is 22.8 Å². The van der Waals surface area contributed by atoms with Crippen molar-refractivity contribution in [1.29, 1.82) is 0 Å². The number of rotatable bonds is 6. The van der Waals surface area contributed by atoms with E-state index in [0.29, 0.717) is 0 Å². The van der Waals surface area contributed by atoms with E-state index in [1.807, 2.05) is 36.7 Å². The van der Waals surface area contributed by atoms with Gasteiger partial charge in [-0.2, -0.15) is 0 Å². The number of hydrogen-bond donors (Lipinski definition) is 1. The van der Waals surface area contributed by atoms with Gasteiger partial charge < -0.3 is 9.67 Å². The molecule has 0 amide bonds. The van der Waals surface area contributed by atoms with Crippen LogP contribution >= 0.6 is 0 Å². The van der Waals surface area contributed by atoms with Gasteiger partial charge in [-0.25, -0.2) is 0 Å². The van der Waals surface area contributed by atoms with Crippen molar-refractivity contribution in [1.82, 2.24) is 9.55 Å². The van der Waals surface area contributed by atoms with Crippen molar-refractivity contribution in [2.75, 3.05) is 0 Å². The number of aromatic nitrogens is 2. The van der Waals surface area contributed by atoms with Crippen molar-refractivity contribution in [2.24, 2.45) is 0 Å². The third-order valence-electron chi connectivity index (χ3n) is 6.23. The third-order valence-corrected chi connectivity index (χ3v) is 6.23. The topological polar surface area (TPSA) is 55.1 Å². The van der Waals surface area contributed by atoms with E-state index >= 15 is 0 Å². The lowest BCUT2D eigenvalue weighted by Crippen LogP contribution is -2.28. The molecular weight excluding hydrogens is 384 g/mol. The van der Waals surface area contributed by atoms with Crippen LogP contribution in [0.25, 0.3) is 27.8 Å². The van der Waals surface area contributed by atoms with Gasteiger partial charge in [0.25, 0.3) is 0 Å². The molecule has 0 fully saturated rings. The molecule has 4 aromatic rings. The molecule has 0 saturated heterocycles. The van der Waals surface area contributed by atoms with Gasteiger partial charge in [-0.05, 0) is 67.6 Å². The summed E-state index contributed by atoms with van der Waals surface area (Å²) in [6.45, 7) is 7.81. The van der Waals surface area contributed by atoms with Crippen LogP contribution in [0.5, 0.6) is 0 Å². The Labute approximate surface area is 183 Å². The lowest BCUT2D eigenvalue weighted by molar-refractivity contribution is -0.142. The number of fused-ring (bicyclic) bond motifs is 1. The SMILES string of the molecule is CCc1cccc(CC)c1-c1cc2ccn(-c3ccc(C(C)(C)C(=O)O)cc3)c2cn1. The largest absolute Gasteiger partial charge is 0.481 e. The van der Waals surface area contributed by atoms with Crippen LogP contribution in [0.1, 0.15) is 44.4 Å². The number of carbonyl (C=O) groups is 1. The highest BCUT2D eigenvalue weighted by atomic mass is 16.4. The summed E-state index contributed by atoms with van der Waals surface area (Å²) in [5.41, 5.74) is 6.78. The number of carboxylic acids is 1. The number of carboxylic acid groups (broad SMARTS) is 1. The van der Waals surface area contributed by atoms with E-state index in [2.05, 4.69) is 48.7 Å². The first-order valence-corrected chi connectivity index (χ1v) is 10.8. The lowest BCUT2D eigenvalue weighted by Gasteiger charge is -2.20. The molecule has 0 bridgehead atoms. The van der Waals surface area contributed by atoms with Crippen molar-refractivity contribution in [2.45, 2.75) is 46.0 Å². The summed E-state index contributed by atoms with van der Waals surface area (Å²) >= 11 is 0. The Morgan fingerprint density at radius 2 is 1.65 bits per heavy atom. The molecule has 2 aromatic heterocycles. The zero-order valence-corrected chi connectivity index (χ0v) is 18.5. The quantitative estimate of drug-likeness (QED) is 0.411. The van der Waals surface area contributed by atoms with Crippen molar-refractivity contribution in [3.8, 4) is 16.9 Å². The summed E-state index contributed by atoms with van der Waals surface area (Å²) in [5.74, 6) is -0.831. The second-order valence-electron chi connectivity index (χ2n) is 8.45. The molecule has 0 saturated carbocycles. The van der Waals surface area contributed by atoms with E-state index in [1.165, 1.54) is 16.7 Å². The van der Waals surface area contributed by atoms with E-state index in [1.54, 1.807) is 13.8 Å². The van der Waals surface area contributed by atoms with Crippen LogP contribution in [0.4, 0.5) is 0 Å². The minimum atomic E-state index is -0.919. The van der Waals surface area contributed by atoms with Gasteiger partial charge in [-0.3, -0.25) is 9.78 Å². The lowest BCUT2D eigenvalue weighted by atomic mass is 9.85. The summed E-state index contributed by atoms with van der Waals surface area (Å²) in [6, 6.07) is 18.5. The van der Waals surface area contributed by atoms with Gasteiger partial charge in [0.2, 0.25) is 0 Å². The summed E-state index contributed by atoms with van der Waals surface area (Å²) in [4.78, 5) is 16.4. The smallest absolute Gasteiger partial charge is 0.313 e. The average molecular weight is 413 g/mol. The predicted octanol–water partition coefficient (Wildman–Crippen LogP) is 6.18. The maximum Gasteiger partial charge on any atom is 0.313 e. The summed E-state index contributed by atoms with van der Waals surface area (Å²) in [6.07, 6.45) is 5.93. The molecule has 158 valence electrons. The van der Waals surface area contributed by atoms with Crippen molar-refractivity contribution in [3.63, 3.8) is 0 Å². The maximum absolute atomic E-state index is 11.5. The fraction of sp³-hybridized carbons (Fsp3) is 0.259. The number of pyridine rings is 1. The number of aryl methyl sites for hydroxylation is 2. The monoisotopic (exact) mass is 412 g/mol. The highest BCUT2D eigenvalue weighted by Crippen LogP contribution is 2.31. The molecule has 4 rings (SSSR count). The van der Waals surface area contributed by atoms with Crippen LogP contribution in [0, 0.1) is 0 Å². The Hall–Kier alpha value is -3.40. The molecule has 1 N–H and O–H groups in total. The van der Waals surface area contributed by atoms with Gasteiger partial charge in [0.1, 0.15) is 0 Å². The van der Waals surface area contributed by atoms with E-state index in [-0.39, 0.29) is 0 Å². The maximum atomic E-state index is 11.5. The van der Waals surface area contributed by atoms with Crippen LogP contribution < -0.4 is 0 Å². The van der Waals surface area contributed by atoms with Crippen LogP contribution in [0.3, 0.4) is 0 Å². The molecule has 0 aliphatic carbocycles. The Morgan fingerprint density at radius 1 is 1.00 bits per heavy atom. The zero-order chi connectivity index (χ0) is 22.2. The fourth-order valence-electron chi connectivity index (χ4n) is 4.13. The predicted molar refractivity (Wildman–Crippen MR) is 126 cm³/mol. The molecule has 4 heteroatoms. The summed E-state index contributed by atoms with van der Waals surface area (Å²) < 4.78 is 2.09. The highest BCUT2D eigenvalue weighted by Gasteiger charge is 2.29. The van der Waals surface area contributed by atoms with E-state index in [0.717, 1.165) is 40.7 Å². The Balaban J connectivity index is 1.75. The van der Waals surface area contributed by atoms with Crippen LogP contribution in [-0.2, 0) is 23.1 Å². The molecule has 0 aliphatic rings. The van der Waals surface area contributed by atoms with Gasteiger partial charge >= 0.3 is 5.97 Å². The first-order valence-electron chi connectivity index (χ1n) is 10.8. The molecule has 2 aromatic carbocycles. The molecule has 0 atom stereocenters.